The second-order valence-electron chi connectivity index (χ2n) is 3.92. The molecule has 3 nitrogen and oxygen atoms in total. The predicted octanol–water partition coefficient (Wildman–Crippen LogP) is 2.27. The molecule has 1 heterocycles. The van der Waals surface area contributed by atoms with E-state index in [1.165, 1.54) is 0 Å². The number of rotatable bonds is 1. The van der Waals surface area contributed by atoms with Crippen molar-refractivity contribution in [2.45, 2.75) is 24.9 Å². The zero-order valence-electron chi connectivity index (χ0n) is 8.54. The minimum Gasteiger partial charge on any atom is -0.348 e. The highest BCUT2D eigenvalue weighted by molar-refractivity contribution is 6.42. The third-order valence-corrected chi connectivity index (χ3v) is 3.49. The Kier molecular flexibility index (Phi) is 3.38. The summed E-state index contributed by atoms with van der Waals surface area (Å²) < 4.78 is 0. The smallest absolute Gasteiger partial charge is 0.220 e. The molecule has 1 aromatic carbocycles. The number of hydrogen-bond acceptors (Lipinski definition) is 2. The highest BCUT2D eigenvalue weighted by Crippen LogP contribution is 2.28. The summed E-state index contributed by atoms with van der Waals surface area (Å²) in [7, 11) is 0. The molecule has 2 rings (SSSR count). The van der Waals surface area contributed by atoms with E-state index >= 15 is 0 Å². The minimum absolute atomic E-state index is 0.0257. The van der Waals surface area contributed by atoms with Crippen LogP contribution in [0.2, 0.25) is 10.0 Å². The molecule has 0 radical (unpaired) electrons. The second-order valence-corrected chi connectivity index (χ2v) is 4.74. The van der Waals surface area contributed by atoms with Gasteiger partial charge in [0.2, 0.25) is 5.91 Å². The van der Waals surface area contributed by atoms with Gasteiger partial charge in [0.05, 0.1) is 16.1 Å². The molecular weight excluding hydrogens is 247 g/mol. The lowest BCUT2D eigenvalue weighted by atomic mass is 9.93. The van der Waals surface area contributed by atoms with Crippen molar-refractivity contribution < 1.29 is 4.79 Å². The van der Waals surface area contributed by atoms with E-state index in [0.29, 0.717) is 22.9 Å². The summed E-state index contributed by atoms with van der Waals surface area (Å²) in [5, 5.41) is 3.84. The highest BCUT2D eigenvalue weighted by atomic mass is 35.5. The SMILES string of the molecule is NC1CCC(=O)NC1c1ccc(Cl)c(Cl)c1. The van der Waals surface area contributed by atoms with Crippen molar-refractivity contribution in [3.63, 3.8) is 0 Å². The first kappa shape index (κ1) is 11.7. The lowest BCUT2D eigenvalue weighted by Crippen LogP contribution is -2.45. The molecular formula is C11H12Cl2N2O. The maximum Gasteiger partial charge on any atom is 0.220 e. The van der Waals surface area contributed by atoms with Crippen molar-refractivity contribution in [3.8, 4) is 0 Å². The summed E-state index contributed by atoms with van der Waals surface area (Å²) in [6.07, 6.45) is 1.18. The van der Waals surface area contributed by atoms with E-state index in [1.54, 1.807) is 12.1 Å². The number of piperidine rings is 1. The van der Waals surface area contributed by atoms with Gasteiger partial charge in [0.25, 0.3) is 0 Å². The first-order valence-electron chi connectivity index (χ1n) is 5.08. The molecule has 0 aromatic heterocycles. The molecule has 1 aromatic rings. The summed E-state index contributed by atoms with van der Waals surface area (Å²) in [4.78, 5) is 11.3. The monoisotopic (exact) mass is 258 g/mol. The van der Waals surface area contributed by atoms with Crippen LogP contribution in [0.4, 0.5) is 0 Å². The van der Waals surface area contributed by atoms with Gasteiger partial charge in [-0.15, -0.1) is 0 Å². The van der Waals surface area contributed by atoms with Crippen LogP contribution in [-0.2, 0) is 4.79 Å². The van der Waals surface area contributed by atoms with Crippen LogP contribution >= 0.6 is 23.2 Å². The van der Waals surface area contributed by atoms with E-state index in [0.717, 1.165) is 5.56 Å². The van der Waals surface area contributed by atoms with Gasteiger partial charge in [-0.25, -0.2) is 0 Å². The van der Waals surface area contributed by atoms with Crippen LogP contribution in [0.1, 0.15) is 24.4 Å². The zero-order chi connectivity index (χ0) is 11.7. The molecule has 16 heavy (non-hydrogen) atoms. The van der Waals surface area contributed by atoms with Gasteiger partial charge in [-0.05, 0) is 24.1 Å². The van der Waals surface area contributed by atoms with Crippen molar-refractivity contribution in [1.29, 1.82) is 0 Å². The van der Waals surface area contributed by atoms with E-state index in [9.17, 15) is 4.79 Å². The molecule has 2 unspecified atom stereocenters. The molecule has 3 N–H and O–H groups in total. The van der Waals surface area contributed by atoms with Gasteiger partial charge < -0.3 is 11.1 Å². The maximum atomic E-state index is 11.3. The number of amides is 1. The fraction of sp³-hybridized carbons (Fsp3) is 0.364. The van der Waals surface area contributed by atoms with Crippen LogP contribution in [0, 0.1) is 0 Å². The molecule has 0 saturated carbocycles. The number of benzene rings is 1. The fourth-order valence-electron chi connectivity index (χ4n) is 1.85. The van der Waals surface area contributed by atoms with Crippen LogP contribution in [0.25, 0.3) is 0 Å². The molecule has 1 aliphatic rings. The highest BCUT2D eigenvalue weighted by Gasteiger charge is 2.27. The second kappa shape index (κ2) is 4.62. The van der Waals surface area contributed by atoms with Crippen molar-refractivity contribution in [2.24, 2.45) is 5.73 Å². The predicted molar refractivity (Wildman–Crippen MR) is 64.6 cm³/mol. The Balaban J connectivity index is 2.28. The fourth-order valence-corrected chi connectivity index (χ4v) is 2.16. The summed E-state index contributed by atoms with van der Waals surface area (Å²) in [6, 6.07) is 5.06. The molecule has 0 aliphatic carbocycles. The van der Waals surface area contributed by atoms with Crippen LogP contribution < -0.4 is 11.1 Å². The van der Waals surface area contributed by atoms with Gasteiger partial charge in [-0.1, -0.05) is 29.3 Å². The molecule has 1 saturated heterocycles. The number of hydrogen-bond donors (Lipinski definition) is 2. The lowest BCUT2D eigenvalue weighted by Gasteiger charge is -2.30. The van der Waals surface area contributed by atoms with Crippen LogP contribution in [0.15, 0.2) is 18.2 Å². The van der Waals surface area contributed by atoms with E-state index in [4.69, 9.17) is 28.9 Å². The topological polar surface area (TPSA) is 55.1 Å². The molecule has 0 spiro atoms. The Morgan fingerprint density at radius 2 is 2.06 bits per heavy atom. The minimum atomic E-state index is -0.170. The Morgan fingerprint density at radius 3 is 2.75 bits per heavy atom. The van der Waals surface area contributed by atoms with Gasteiger partial charge in [-0.3, -0.25) is 4.79 Å². The molecule has 0 bridgehead atoms. The third-order valence-electron chi connectivity index (χ3n) is 2.75. The molecule has 1 amide bonds. The summed E-state index contributed by atoms with van der Waals surface area (Å²) in [6.45, 7) is 0. The lowest BCUT2D eigenvalue weighted by molar-refractivity contribution is -0.123. The summed E-state index contributed by atoms with van der Waals surface area (Å²) >= 11 is 11.8. The summed E-state index contributed by atoms with van der Waals surface area (Å²) in [5.41, 5.74) is 6.87. The van der Waals surface area contributed by atoms with E-state index in [-0.39, 0.29) is 18.0 Å². The first-order chi connectivity index (χ1) is 7.58. The molecule has 86 valence electrons. The number of nitrogens with one attached hydrogen (secondary N) is 1. The average molecular weight is 259 g/mol. The van der Waals surface area contributed by atoms with Crippen molar-refractivity contribution in [1.82, 2.24) is 5.32 Å². The first-order valence-corrected chi connectivity index (χ1v) is 5.83. The molecule has 2 atom stereocenters. The number of carbonyl (C=O) groups excluding carboxylic acids is 1. The van der Waals surface area contributed by atoms with Crippen LogP contribution in [0.5, 0.6) is 0 Å². The van der Waals surface area contributed by atoms with Crippen LogP contribution in [-0.4, -0.2) is 11.9 Å². The van der Waals surface area contributed by atoms with Gasteiger partial charge in [0, 0.05) is 12.5 Å². The van der Waals surface area contributed by atoms with Gasteiger partial charge in [0.15, 0.2) is 0 Å². The maximum absolute atomic E-state index is 11.3. The van der Waals surface area contributed by atoms with Crippen molar-refractivity contribution in [2.75, 3.05) is 0 Å². The zero-order valence-corrected chi connectivity index (χ0v) is 10.1. The summed E-state index contributed by atoms with van der Waals surface area (Å²) in [5.74, 6) is 0.0257. The van der Waals surface area contributed by atoms with Gasteiger partial charge >= 0.3 is 0 Å². The largest absolute Gasteiger partial charge is 0.348 e. The molecule has 5 heteroatoms. The van der Waals surface area contributed by atoms with Crippen LogP contribution in [0.3, 0.4) is 0 Å². The number of halogens is 2. The quantitative estimate of drug-likeness (QED) is 0.812. The Morgan fingerprint density at radius 1 is 1.31 bits per heavy atom. The molecule has 1 fully saturated rings. The number of carbonyl (C=O) groups is 1. The Hall–Kier alpha value is -0.770. The van der Waals surface area contributed by atoms with Gasteiger partial charge in [0.1, 0.15) is 0 Å². The van der Waals surface area contributed by atoms with E-state index in [2.05, 4.69) is 5.32 Å². The Labute approximate surface area is 104 Å². The Bertz CT molecular complexity index is 422. The molecule has 1 aliphatic heterocycles. The number of nitrogens with two attached hydrogens (primary N) is 1. The van der Waals surface area contributed by atoms with E-state index < -0.39 is 0 Å². The van der Waals surface area contributed by atoms with Crippen molar-refractivity contribution in [3.05, 3.63) is 33.8 Å². The van der Waals surface area contributed by atoms with Gasteiger partial charge in [-0.2, -0.15) is 0 Å². The standard InChI is InChI=1S/C11H12Cl2N2O/c12-7-2-1-6(5-8(7)13)11-9(14)3-4-10(16)15-11/h1-2,5,9,11H,3-4,14H2,(H,15,16). The normalized spacial score (nSPS) is 25.3. The van der Waals surface area contributed by atoms with E-state index in [1.807, 2.05) is 6.07 Å². The van der Waals surface area contributed by atoms with Crippen molar-refractivity contribution >= 4 is 29.1 Å². The average Bonchev–Trinajstić information content (AvgIpc) is 2.26. The third kappa shape index (κ3) is 2.32.